The van der Waals surface area contributed by atoms with Gasteiger partial charge in [-0.3, -0.25) is 0 Å². The number of aromatic nitrogens is 2. The topological polar surface area (TPSA) is 49.9 Å². The molecule has 4 heteroatoms. The number of imidazole rings is 1. The minimum absolute atomic E-state index is 0.791. The molecular weight excluding hydrogens is 238 g/mol. The molecular formula is C15H29N3O. The van der Waals surface area contributed by atoms with Crippen molar-refractivity contribution < 1.29 is 4.74 Å². The van der Waals surface area contributed by atoms with Crippen LogP contribution in [0.5, 0.6) is 0 Å². The molecule has 0 aliphatic rings. The fraction of sp³-hybridized carbons (Fsp3) is 0.800. The summed E-state index contributed by atoms with van der Waals surface area (Å²) < 4.78 is 5.59. The number of rotatable bonds is 12. The van der Waals surface area contributed by atoms with E-state index in [4.69, 9.17) is 4.74 Å². The first-order valence-corrected chi connectivity index (χ1v) is 7.55. The molecule has 0 amide bonds. The molecule has 0 atom stereocenters. The predicted molar refractivity (Wildman–Crippen MR) is 79.3 cm³/mol. The van der Waals surface area contributed by atoms with Crippen molar-refractivity contribution in [2.45, 2.75) is 46.0 Å². The predicted octanol–water partition coefficient (Wildman–Crippen LogP) is 2.77. The van der Waals surface area contributed by atoms with Gasteiger partial charge < -0.3 is 15.0 Å². The standard InChI is InChI=1S/C15H29N3O/c1-14(2)6-4-12-19-13-5-9-16-8-3-7-15-17-10-11-18-15/h10-11,14,16H,3-9,12-13H2,1-2H3,(H,17,18). The fourth-order valence-electron chi connectivity index (χ4n) is 1.94. The Morgan fingerprint density at radius 3 is 2.74 bits per heavy atom. The Bertz CT molecular complexity index is 286. The molecule has 0 aromatic carbocycles. The van der Waals surface area contributed by atoms with Crippen molar-refractivity contribution in [3.8, 4) is 0 Å². The second-order valence-corrected chi connectivity index (χ2v) is 5.39. The van der Waals surface area contributed by atoms with Gasteiger partial charge in [-0.25, -0.2) is 4.98 Å². The highest BCUT2D eigenvalue weighted by Gasteiger charge is 1.96. The SMILES string of the molecule is CC(C)CCCOCCCNCCCc1ncc[nH]1. The van der Waals surface area contributed by atoms with Crippen LogP contribution in [-0.2, 0) is 11.2 Å². The molecule has 0 unspecified atom stereocenters. The van der Waals surface area contributed by atoms with Crippen LogP contribution < -0.4 is 5.32 Å². The first-order valence-electron chi connectivity index (χ1n) is 7.55. The number of hydrogen-bond acceptors (Lipinski definition) is 3. The number of nitrogens with zero attached hydrogens (tertiary/aromatic N) is 1. The van der Waals surface area contributed by atoms with E-state index >= 15 is 0 Å². The zero-order valence-electron chi connectivity index (χ0n) is 12.5. The molecule has 4 nitrogen and oxygen atoms in total. The monoisotopic (exact) mass is 267 g/mol. The molecule has 1 heterocycles. The van der Waals surface area contributed by atoms with Crippen LogP contribution in [0, 0.1) is 5.92 Å². The van der Waals surface area contributed by atoms with Crippen LogP contribution in [0.15, 0.2) is 12.4 Å². The number of H-pyrrole nitrogens is 1. The van der Waals surface area contributed by atoms with E-state index in [1.54, 1.807) is 6.20 Å². The van der Waals surface area contributed by atoms with Crippen LogP contribution in [0.3, 0.4) is 0 Å². The molecule has 0 aliphatic carbocycles. The molecule has 0 bridgehead atoms. The molecule has 2 N–H and O–H groups in total. The normalized spacial score (nSPS) is 11.3. The molecule has 0 saturated carbocycles. The third-order valence-electron chi connectivity index (χ3n) is 3.03. The quantitative estimate of drug-likeness (QED) is 0.573. The van der Waals surface area contributed by atoms with Crippen LogP contribution in [0.4, 0.5) is 0 Å². The van der Waals surface area contributed by atoms with E-state index in [9.17, 15) is 0 Å². The van der Waals surface area contributed by atoms with Crippen molar-refractivity contribution >= 4 is 0 Å². The summed E-state index contributed by atoms with van der Waals surface area (Å²) in [6.45, 7) is 8.40. The van der Waals surface area contributed by atoms with E-state index in [0.717, 1.165) is 57.3 Å². The lowest BCUT2D eigenvalue weighted by Gasteiger charge is -2.07. The van der Waals surface area contributed by atoms with E-state index in [0.29, 0.717) is 0 Å². The number of nitrogens with one attached hydrogen (secondary N) is 2. The Balaban J connectivity index is 1.74. The summed E-state index contributed by atoms with van der Waals surface area (Å²) in [7, 11) is 0. The van der Waals surface area contributed by atoms with Gasteiger partial charge in [0, 0.05) is 32.0 Å². The Morgan fingerprint density at radius 1 is 1.21 bits per heavy atom. The van der Waals surface area contributed by atoms with Crippen LogP contribution in [0.25, 0.3) is 0 Å². The van der Waals surface area contributed by atoms with Crippen molar-refractivity contribution in [2.75, 3.05) is 26.3 Å². The smallest absolute Gasteiger partial charge is 0.106 e. The van der Waals surface area contributed by atoms with E-state index in [1.807, 2.05) is 6.20 Å². The fourth-order valence-corrected chi connectivity index (χ4v) is 1.94. The zero-order chi connectivity index (χ0) is 13.8. The first kappa shape index (κ1) is 16.2. The number of ether oxygens (including phenoxy) is 1. The Hall–Kier alpha value is -0.870. The second-order valence-electron chi connectivity index (χ2n) is 5.39. The van der Waals surface area contributed by atoms with Crippen LogP contribution in [0.2, 0.25) is 0 Å². The lowest BCUT2D eigenvalue weighted by molar-refractivity contribution is 0.125. The molecule has 0 spiro atoms. The van der Waals surface area contributed by atoms with Crippen molar-refractivity contribution in [1.29, 1.82) is 0 Å². The van der Waals surface area contributed by atoms with E-state index in [2.05, 4.69) is 29.1 Å². The Labute approximate surface area is 117 Å². The van der Waals surface area contributed by atoms with Crippen LogP contribution in [-0.4, -0.2) is 36.3 Å². The molecule has 0 aliphatic heterocycles. The maximum absolute atomic E-state index is 5.59. The molecule has 1 aromatic rings. The summed E-state index contributed by atoms with van der Waals surface area (Å²) in [6, 6.07) is 0. The number of aromatic amines is 1. The number of aryl methyl sites for hydroxylation is 1. The molecule has 0 saturated heterocycles. The average Bonchev–Trinajstić information content (AvgIpc) is 2.88. The minimum Gasteiger partial charge on any atom is -0.381 e. The van der Waals surface area contributed by atoms with Crippen molar-refractivity contribution in [2.24, 2.45) is 5.92 Å². The molecule has 19 heavy (non-hydrogen) atoms. The van der Waals surface area contributed by atoms with E-state index in [-0.39, 0.29) is 0 Å². The summed E-state index contributed by atoms with van der Waals surface area (Å²) in [5, 5.41) is 3.44. The average molecular weight is 267 g/mol. The molecule has 1 rings (SSSR count). The zero-order valence-corrected chi connectivity index (χ0v) is 12.5. The molecule has 110 valence electrons. The first-order chi connectivity index (χ1) is 9.29. The van der Waals surface area contributed by atoms with E-state index in [1.165, 1.54) is 12.8 Å². The molecule has 0 fully saturated rings. The highest BCUT2D eigenvalue weighted by Crippen LogP contribution is 2.03. The van der Waals surface area contributed by atoms with Gasteiger partial charge in [-0.15, -0.1) is 0 Å². The molecule has 0 radical (unpaired) electrons. The van der Waals surface area contributed by atoms with Gasteiger partial charge in [-0.2, -0.15) is 0 Å². The van der Waals surface area contributed by atoms with Gasteiger partial charge in [-0.1, -0.05) is 13.8 Å². The van der Waals surface area contributed by atoms with Crippen LogP contribution in [0.1, 0.15) is 45.4 Å². The summed E-state index contributed by atoms with van der Waals surface area (Å²) >= 11 is 0. The minimum atomic E-state index is 0.791. The maximum atomic E-state index is 5.59. The van der Waals surface area contributed by atoms with Crippen molar-refractivity contribution in [3.05, 3.63) is 18.2 Å². The van der Waals surface area contributed by atoms with Gasteiger partial charge in [0.05, 0.1) is 0 Å². The maximum Gasteiger partial charge on any atom is 0.106 e. The summed E-state index contributed by atoms with van der Waals surface area (Å²) in [5.74, 6) is 1.87. The Morgan fingerprint density at radius 2 is 2.00 bits per heavy atom. The highest BCUT2D eigenvalue weighted by atomic mass is 16.5. The third kappa shape index (κ3) is 9.68. The van der Waals surface area contributed by atoms with Crippen LogP contribution >= 0.6 is 0 Å². The van der Waals surface area contributed by atoms with Crippen molar-refractivity contribution in [3.63, 3.8) is 0 Å². The molecule has 1 aromatic heterocycles. The largest absolute Gasteiger partial charge is 0.381 e. The van der Waals surface area contributed by atoms with Gasteiger partial charge in [0.15, 0.2) is 0 Å². The summed E-state index contributed by atoms with van der Waals surface area (Å²) in [6.07, 6.45) is 9.38. The van der Waals surface area contributed by atoms with Gasteiger partial charge in [-0.05, 0) is 44.7 Å². The second kappa shape index (κ2) is 11.0. The van der Waals surface area contributed by atoms with Crippen molar-refractivity contribution in [1.82, 2.24) is 15.3 Å². The highest BCUT2D eigenvalue weighted by molar-refractivity contribution is 4.86. The number of hydrogen-bond donors (Lipinski definition) is 2. The Kier molecular flexibility index (Phi) is 9.37. The van der Waals surface area contributed by atoms with E-state index < -0.39 is 0 Å². The van der Waals surface area contributed by atoms with Gasteiger partial charge in [0.2, 0.25) is 0 Å². The van der Waals surface area contributed by atoms with Gasteiger partial charge >= 0.3 is 0 Å². The lowest BCUT2D eigenvalue weighted by Crippen LogP contribution is -2.18. The van der Waals surface area contributed by atoms with Gasteiger partial charge in [0.1, 0.15) is 5.82 Å². The lowest BCUT2D eigenvalue weighted by atomic mass is 10.1. The summed E-state index contributed by atoms with van der Waals surface area (Å²) in [5.41, 5.74) is 0. The third-order valence-corrected chi connectivity index (χ3v) is 3.03. The van der Waals surface area contributed by atoms with Gasteiger partial charge in [0.25, 0.3) is 0 Å². The summed E-state index contributed by atoms with van der Waals surface area (Å²) in [4.78, 5) is 7.32.